The van der Waals surface area contributed by atoms with Crippen LogP contribution >= 0.6 is 8.69 Å². The van der Waals surface area contributed by atoms with E-state index in [2.05, 4.69) is 6.92 Å². The highest BCUT2D eigenvalue weighted by Gasteiger charge is 2.17. The van der Waals surface area contributed by atoms with Crippen molar-refractivity contribution in [3.8, 4) is 0 Å². The first-order valence-corrected chi connectivity index (χ1v) is 13.4. The summed E-state index contributed by atoms with van der Waals surface area (Å²) in [7, 11) is -0.492. The molecular weight excluding hydrogens is 429 g/mol. The number of hydrogen-bond acceptors (Lipinski definition) is 7. The predicted molar refractivity (Wildman–Crippen MR) is 128 cm³/mol. The average Bonchev–Trinajstić information content (AvgIpc) is 2.79. The summed E-state index contributed by atoms with van der Waals surface area (Å²) in [5.41, 5.74) is 5.47. The Balaban J connectivity index is 3.89. The number of rotatable bonds is 24. The topological polar surface area (TPSA) is 105 Å². The second kappa shape index (κ2) is 24.6. The Kier molecular flexibility index (Phi) is 23.8. The molecule has 0 aromatic rings. The maximum Gasteiger partial charge on any atom is 0.327 e. The van der Waals surface area contributed by atoms with Gasteiger partial charge in [-0.1, -0.05) is 84.0 Å². The fourth-order valence-electron chi connectivity index (χ4n) is 3.43. The number of hydrogen-bond donors (Lipinski definition) is 1. The van der Waals surface area contributed by atoms with Crippen LogP contribution in [-0.2, 0) is 28.2 Å². The summed E-state index contributed by atoms with van der Waals surface area (Å²) >= 11 is 0. The Bertz CT molecular complexity index is 464. The zero-order chi connectivity index (χ0) is 23.7. The molecule has 1 atom stereocenters. The van der Waals surface area contributed by atoms with Crippen LogP contribution in [0.2, 0.25) is 0 Å². The second-order valence-corrected chi connectivity index (χ2v) is 8.81. The van der Waals surface area contributed by atoms with Gasteiger partial charge in [0.1, 0.15) is 13.2 Å². The average molecular weight is 476 g/mol. The number of carbonyl (C=O) groups is 2. The third-order valence-electron chi connectivity index (χ3n) is 5.36. The van der Waals surface area contributed by atoms with E-state index in [4.69, 9.17) is 19.7 Å². The molecule has 0 aliphatic rings. The lowest BCUT2D eigenvalue weighted by molar-refractivity contribution is -0.160. The van der Waals surface area contributed by atoms with Gasteiger partial charge in [0.2, 0.25) is 0 Å². The fraction of sp³-hybridized carbons (Fsp3) is 0.917. The van der Waals surface area contributed by atoms with E-state index in [9.17, 15) is 14.2 Å². The number of carbonyl (C=O) groups excluding carboxylic acids is 2. The van der Waals surface area contributed by atoms with Crippen LogP contribution < -0.4 is 5.73 Å². The van der Waals surface area contributed by atoms with Gasteiger partial charge in [-0.3, -0.25) is 14.1 Å². The highest BCUT2D eigenvalue weighted by atomic mass is 31.1. The van der Waals surface area contributed by atoms with E-state index in [-0.39, 0.29) is 25.2 Å². The molecule has 0 saturated heterocycles. The normalized spacial score (nSPS) is 12.1. The minimum Gasteiger partial charge on any atom is -0.462 e. The maximum atomic E-state index is 12.1. The summed E-state index contributed by atoms with van der Waals surface area (Å²) in [5, 5.41) is 0. The van der Waals surface area contributed by atoms with E-state index in [0.29, 0.717) is 12.8 Å². The molecule has 0 aromatic carbocycles. The van der Waals surface area contributed by atoms with Crippen LogP contribution in [0.1, 0.15) is 116 Å². The van der Waals surface area contributed by atoms with Crippen molar-refractivity contribution in [3.63, 3.8) is 0 Å². The van der Waals surface area contributed by atoms with Gasteiger partial charge in [-0.25, -0.2) is 4.57 Å². The summed E-state index contributed by atoms with van der Waals surface area (Å²) in [6.07, 6.45) is 16.7. The first kappa shape index (κ1) is 31.0. The molecule has 8 heteroatoms. The Labute approximate surface area is 196 Å². The highest BCUT2D eigenvalue weighted by molar-refractivity contribution is 7.17. The summed E-state index contributed by atoms with van der Waals surface area (Å²) < 4.78 is 26.0. The smallest absolute Gasteiger partial charge is 0.327 e. The van der Waals surface area contributed by atoms with E-state index in [1.54, 1.807) is 0 Å². The number of unbranched alkanes of at least 4 members (excludes halogenated alkanes) is 13. The van der Waals surface area contributed by atoms with Crippen molar-refractivity contribution in [2.45, 2.75) is 122 Å². The van der Waals surface area contributed by atoms with Gasteiger partial charge in [-0.05, 0) is 25.8 Å². The van der Waals surface area contributed by atoms with E-state index in [1.807, 2.05) is 0 Å². The van der Waals surface area contributed by atoms with Crippen molar-refractivity contribution >= 4 is 20.6 Å². The van der Waals surface area contributed by atoms with E-state index < -0.39 is 14.8 Å². The molecule has 2 N–H and O–H groups in total. The van der Waals surface area contributed by atoms with Crippen molar-refractivity contribution in [2.75, 3.05) is 19.8 Å². The first-order valence-electron chi connectivity index (χ1n) is 12.6. The lowest BCUT2D eigenvalue weighted by Gasteiger charge is -2.16. The van der Waals surface area contributed by atoms with Crippen LogP contribution in [0, 0.1) is 0 Å². The maximum absolute atomic E-state index is 12.1. The van der Waals surface area contributed by atoms with Gasteiger partial charge < -0.3 is 15.2 Å². The van der Waals surface area contributed by atoms with Gasteiger partial charge in [0.25, 0.3) is 0 Å². The summed E-state index contributed by atoms with van der Waals surface area (Å²) in [5.74, 6) is -0.649. The van der Waals surface area contributed by atoms with Crippen molar-refractivity contribution in [1.82, 2.24) is 0 Å². The molecule has 0 aromatic heterocycles. The van der Waals surface area contributed by atoms with E-state index >= 15 is 0 Å². The molecule has 0 aliphatic heterocycles. The van der Waals surface area contributed by atoms with Crippen molar-refractivity contribution in [1.29, 1.82) is 0 Å². The molecule has 0 fully saturated rings. The predicted octanol–water partition coefficient (Wildman–Crippen LogP) is 6.28. The lowest BCUT2D eigenvalue weighted by atomic mass is 10.1. The van der Waals surface area contributed by atoms with E-state index in [1.165, 1.54) is 38.5 Å². The zero-order valence-electron chi connectivity index (χ0n) is 20.2. The minimum absolute atomic E-state index is 0.0665. The van der Waals surface area contributed by atoms with Gasteiger partial charge in [-0.15, -0.1) is 0 Å². The first-order chi connectivity index (χ1) is 15.6. The molecule has 0 unspecified atom stereocenters. The van der Waals surface area contributed by atoms with Gasteiger partial charge in [0.05, 0.1) is 0 Å². The summed E-state index contributed by atoms with van der Waals surface area (Å²) in [6, 6.07) is 0. The molecule has 0 aliphatic carbocycles. The highest BCUT2D eigenvalue weighted by Crippen LogP contribution is 2.12. The molecule has 7 nitrogen and oxygen atoms in total. The molecule has 0 rings (SSSR count). The van der Waals surface area contributed by atoms with Gasteiger partial charge in [0, 0.05) is 12.8 Å². The fourth-order valence-corrected chi connectivity index (χ4v) is 3.66. The number of ether oxygens (including phenoxy) is 2. The molecule has 32 heavy (non-hydrogen) atoms. The van der Waals surface area contributed by atoms with Crippen LogP contribution in [-0.4, -0.2) is 37.8 Å². The van der Waals surface area contributed by atoms with Crippen LogP contribution in [0.15, 0.2) is 0 Å². The van der Waals surface area contributed by atoms with Crippen molar-refractivity contribution in [2.24, 2.45) is 5.73 Å². The van der Waals surface area contributed by atoms with Crippen LogP contribution in [0.25, 0.3) is 0 Å². The van der Waals surface area contributed by atoms with Crippen LogP contribution in [0.4, 0.5) is 0 Å². The summed E-state index contributed by atoms with van der Waals surface area (Å²) in [4.78, 5) is 24.0. The largest absolute Gasteiger partial charge is 0.462 e. The number of esters is 2. The molecule has 188 valence electrons. The number of nitrogens with two attached hydrogens (primary N) is 1. The molecule has 0 spiro atoms. The van der Waals surface area contributed by atoms with Crippen LogP contribution in [0.5, 0.6) is 0 Å². The standard InChI is InChI=1S/C24H46NO6P/c1-2-3-4-5-6-7-8-12-15-18-24(27)31-22(21-30-32-28)20-29-23(26)17-14-11-9-10-13-16-19-25/h22H,2-21,25H2,1H3/t22-/m1/s1. The van der Waals surface area contributed by atoms with Crippen molar-refractivity contribution in [3.05, 3.63) is 0 Å². The zero-order valence-corrected chi connectivity index (χ0v) is 21.1. The Morgan fingerprint density at radius 1 is 0.719 bits per heavy atom. The molecule has 0 radical (unpaired) electrons. The monoisotopic (exact) mass is 475 g/mol. The second-order valence-electron chi connectivity index (χ2n) is 8.40. The Morgan fingerprint density at radius 3 is 1.75 bits per heavy atom. The quantitative estimate of drug-likeness (QED) is 0.0995. The molecule has 0 bridgehead atoms. The SMILES string of the molecule is CCCCCCCCCCCC(=O)O[C@@H](COP=O)COC(=O)CCCCCCCCN. The molecule has 0 heterocycles. The summed E-state index contributed by atoms with van der Waals surface area (Å²) in [6.45, 7) is 2.80. The molecule has 0 saturated carbocycles. The lowest BCUT2D eigenvalue weighted by Crippen LogP contribution is -2.28. The van der Waals surface area contributed by atoms with Gasteiger partial charge in [0.15, 0.2) is 6.10 Å². The van der Waals surface area contributed by atoms with Crippen molar-refractivity contribution < 1.29 is 28.2 Å². The molecule has 0 amide bonds. The van der Waals surface area contributed by atoms with E-state index in [0.717, 1.165) is 64.3 Å². The van der Waals surface area contributed by atoms with Gasteiger partial charge in [-0.2, -0.15) is 0 Å². The van der Waals surface area contributed by atoms with Crippen LogP contribution in [0.3, 0.4) is 0 Å². The van der Waals surface area contributed by atoms with Gasteiger partial charge >= 0.3 is 20.6 Å². The minimum atomic E-state index is -0.734. The third-order valence-corrected chi connectivity index (χ3v) is 5.62. The Morgan fingerprint density at radius 2 is 1.22 bits per heavy atom. The third kappa shape index (κ3) is 22.2. The Hall–Kier alpha value is -1.04. The molecular formula is C24H46NO6P.